The quantitative estimate of drug-likeness (QED) is 0.826. The zero-order chi connectivity index (χ0) is 13.9. The van der Waals surface area contributed by atoms with Crippen molar-refractivity contribution in [1.29, 1.82) is 0 Å². The fourth-order valence-corrected chi connectivity index (χ4v) is 2.56. The summed E-state index contributed by atoms with van der Waals surface area (Å²) in [7, 11) is 0. The number of aromatic nitrogens is 2. The second kappa shape index (κ2) is 5.52. The van der Waals surface area contributed by atoms with E-state index in [9.17, 15) is 14.7 Å². The fourth-order valence-electron chi connectivity index (χ4n) is 2.41. The molecule has 19 heavy (non-hydrogen) atoms. The lowest BCUT2D eigenvalue weighted by molar-refractivity contribution is -0.150. The number of nitrogens with zero attached hydrogens (tertiary/aromatic N) is 2. The summed E-state index contributed by atoms with van der Waals surface area (Å²) in [6.07, 6.45) is 3.98. The van der Waals surface area contributed by atoms with Gasteiger partial charge in [0.05, 0.1) is 5.41 Å². The fraction of sp³-hybridized carbons (Fsp3) is 0.500. The van der Waals surface area contributed by atoms with Crippen molar-refractivity contribution in [2.24, 2.45) is 5.41 Å². The number of carbonyl (C=O) groups is 2. The number of halogens is 1. The molecule has 0 atom stereocenters. The topological polar surface area (TPSA) is 92.2 Å². The molecule has 102 valence electrons. The molecule has 0 radical (unpaired) electrons. The molecule has 0 unspecified atom stereocenters. The number of rotatable bonds is 4. The molecule has 2 rings (SSSR count). The largest absolute Gasteiger partial charge is 0.481 e. The predicted octanol–water partition coefficient (Wildman–Crippen LogP) is 2.10. The molecule has 1 heterocycles. The monoisotopic (exact) mass is 283 g/mol. The second-order valence-corrected chi connectivity index (χ2v) is 5.13. The summed E-state index contributed by atoms with van der Waals surface area (Å²) in [5.74, 6) is -0.983. The first-order valence-electron chi connectivity index (χ1n) is 6.03. The van der Waals surface area contributed by atoms with Crippen molar-refractivity contribution in [2.45, 2.75) is 32.1 Å². The average molecular weight is 284 g/mol. The van der Waals surface area contributed by atoms with E-state index in [4.69, 9.17) is 11.6 Å². The number of anilines is 1. The van der Waals surface area contributed by atoms with Crippen LogP contribution in [0.5, 0.6) is 0 Å². The lowest BCUT2D eigenvalue weighted by atomic mass is 9.82. The number of carbonyl (C=O) groups excluding carboxylic acids is 1. The lowest BCUT2D eigenvalue weighted by Gasteiger charge is -2.22. The molecular formula is C12H14ClN3O3. The van der Waals surface area contributed by atoms with E-state index >= 15 is 0 Å². The molecule has 0 aliphatic heterocycles. The van der Waals surface area contributed by atoms with Gasteiger partial charge in [-0.25, -0.2) is 9.97 Å². The van der Waals surface area contributed by atoms with Gasteiger partial charge in [0.2, 0.25) is 5.91 Å². The molecule has 1 aromatic heterocycles. The van der Waals surface area contributed by atoms with E-state index in [-0.39, 0.29) is 23.3 Å². The molecule has 2 N–H and O–H groups in total. The Hall–Kier alpha value is -1.69. The van der Waals surface area contributed by atoms with Crippen molar-refractivity contribution in [3.63, 3.8) is 0 Å². The molecule has 0 bridgehead atoms. The SMILES string of the molecule is O=C(CC1(C(=O)O)CCCC1)Nc1cc(Cl)ncn1. The van der Waals surface area contributed by atoms with Gasteiger partial charge < -0.3 is 10.4 Å². The van der Waals surface area contributed by atoms with Gasteiger partial charge in [0.15, 0.2) is 0 Å². The van der Waals surface area contributed by atoms with Crippen LogP contribution in [0.15, 0.2) is 12.4 Å². The Morgan fingerprint density at radius 2 is 2.05 bits per heavy atom. The Balaban J connectivity index is 2.02. The highest BCUT2D eigenvalue weighted by Gasteiger charge is 2.42. The number of hydrogen-bond acceptors (Lipinski definition) is 4. The van der Waals surface area contributed by atoms with Crippen LogP contribution in [0.1, 0.15) is 32.1 Å². The molecule has 0 spiro atoms. The molecule has 1 saturated carbocycles. The van der Waals surface area contributed by atoms with Gasteiger partial charge in [-0.15, -0.1) is 0 Å². The first kappa shape index (κ1) is 13.7. The molecular weight excluding hydrogens is 270 g/mol. The maximum absolute atomic E-state index is 11.9. The molecule has 1 aliphatic carbocycles. The Morgan fingerprint density at radius 3 is 2.63 bits per heavy atom. The van der Waals surface area contributed by atoms with Gasteiger partial charge in [0, 0.05) is 12.5 Å². The maximum Gasteiger partial charge on any atom is 0.310 e. The molecule has 7 heteroatoms. The van der Waals surface area contributed by atoms with Crippen LogP contribution in [0.3, 0.4) is 0 Å². The van der Waals surface area contributed by atoms with Crippen LogP contribution in [-0.4, -0.2) is 27.0 Å². The van der Waals surface area contributed by atoms with Crippen molar-refractivity contribution >= 4 is 29.3 Å². The lowest BCUT2D eigenvalue weighted by Crippen LogP contribution is -2.32. The molecule has 0 saturated heterocycles. The highest BCUT2D eigenvalue weighted by atomic mass is 35.5. The molecule has 1 fully saturated rings. The number of hydrogen-bond donors (Lipinski definition) is 2. The van der Waals surface area contributed by atoms with Crippen molar-refractivity contribution in [2.75, 3.05) is 5.32 Å². The zero-order valence-corrected chi connectivity index (χ0v) is 11.0. The maximum atomic E-state index is 11.9. The van der Waals surface area contributed by atoms with Crippen LogP contribution in [0.4, 0.5) is 5.82 Å². The Morgan fingerprint density at radius 1 is 1.37 bits per heavy atom. The minimum absolute atomic E-state index is 0.0377. The second-order valence-electron chi connectivity index (χ2n) is 4.74. The van der Waals surface area contributed by atoms with E-state index in [1.807, 2.05) is 0 Å². The Labute approximate surface area is 115 Å². The van der Waals surface area contributed by atoms with Gasteiger partial charge in [-0.1, -0.05) is 24.4 Å². The van der Waals surface area contributed by atoms with Crippen LogP contribution in [0.25, 0.3) is 0 Å². The van der Waals surface area contributed by atoms with E-state index < -0.39 is 11.4 Å². The minimum Gasteiger partial charge on any atom is -0.481 e. The van der Waals surface area contributed by atoms with Gasteiger partial charge in [0.1, 0.15) is 17.3 Å². The smallest absolute Gasteiger partial charge is 0.310 e. The van der Waals surface area contributed by atoms with E-state index in [1.165, 1.54) is 12.4 Å². The summed E-state index contributed by atoms with van der Waals surface area (Å²) < 4.78 is 0. The summed E-state index contributed by atoms with van der Waals surface area (Å²) in [4.78, 5) is 30.8. The first-order chi connectivity index (χ1) is 9.02. The third-order valence-corrected chi connectivity index (χ3v) is 3.62. The van der Waals surface area contributed by atoms with Crippen LogP contribution in [0.2, 0.25) is 5.15 Å². The van der Waals surface area contributed by atoms with Crippen LogP contribution in [0, 0.1) is 5.41 Å². The van der Waals surface area contributed by atoms with Crippen molar-refractivity contribution in [1.82, 2.24) is 9.97 Å². The van der Waals surface area contributed by atoms with Crippen molar-refractivity contribution in [3.05, 3.63) is 17.5 Å². The molecule has 1 amide bonds. The molecule has 0 aromatic carbocycles. The zero-order valence-electron chi connectivity index (χ0n) is 10.2. The van der Waals surface area contributed by atoms with Crippen molar-refractivity contribution < 1.29 is 14.7 Å². The number of nitrogens with one attached hydrogen (secondary N) is 1. The van der Waals surface area contributed by atoms with E-state index in [1.54, 1.807) is 0 Å². The van der Waals surface area contributed by atoms with Crippen LogP contribution < -0.4 is 5.32 Å². The van der Waals surface area contributed by atoms with Gasteiger partial charge in [-0.3, -0.25) is 9.59 Å². The summed E-state index contributed by atoms with van der Waals surface area (Å²) in [6, 6.07) is 1.42. The van der Waals surface area contributed by atoms with Gasteiger partial charge in [-0.2, -0.15) is 0 Å². The van der Waals surface area contributed by atoms with E-state index in [2.05, 4.69) is 15.3 Å². The third kappa shape index (κ3) is 3.20. The Kier molecular flexibility index (Phi) is 3.99. The normalized spacial score (nSPS) is 17.1. The summed E-state index contributed by atoms with van der Waals surface area (Å²) in [5, 5.41) is 12.1. The van der Waals surface area contributed by atoms with Crippen molar-refractivity contribution in [3.8, 4) is 0 Å². The van der Waals surface area contributed by atoms with Gasteiger partial charge in [-0.05, 0) is 12.8 Å². The first-order valence-corrected chi connectivity index (χ1v) is 6.40. The molecule has 1 aliphatic rings. The van der Waals surface area contributed by atoms with Gasteiger partial charge in [0.25, 0.3) is 0 Å². The van der Waals surface area contributed by atoms with Gasteiger partial charge >= 0.3 is 5.97 Å². The van der Waals surface area contributed by atoms with E-state index in [0.29, 0.717) is 12.8 Å². The predicted molar refractivity (Wildman–Crippen MR) is 68.8 cm³/mol. The number of carboxylic acids is 1. The summed E-state index contributed by atoms with van der Waals surface area (Å²) >= 11 is 5.68. The molecule has 1 aromatic rings. The Bertz CT molecular complexity index is 501. The highest BCUT2D eigenvalue weighted by Crippen LogP contribution is 2.41. The van der Waals surface area contributed by atoms with Crippen LogP contribution in [-0.2, 0) is 9.59 Å². The number of amides is 1. The van der Waals surface area contributed by atoms with Crippen LogP contribution >= 0.6 is 11.6 Å². The summed E-state index contributed by atoms with van der Waals surface area (Å²) in [5.41, 5.74) is -0.930. The number of aliphatic carboxylic acids is 1. The summed E-state index contributed by atoms with van der Waals surface area (Å²) in [6.45, 7) is 0. The highest BCUT2D eigenvalue weighted by molar-refractivity contribution is 6.29. The standard InChI is InChI=1S/C12H14ClN3O3/c13-8-5-9(15-7-14-8)16-10(17)6-12(11(18)19)3-1-2-4-12/h5,7H,1-4,6H2,(H,18,19)(H,14,15,16,17). The minimum atomic E-state index is -0.930. The number of carboxylic acid groups (broad SMARTS) is 1. The third-order valence-electron chi connectivity index (χ3n) is 3.41. The average Bonchev–Trinajstić information content (AvgIpc) is 2.78. The molecule has 6 nitrogen and oxygen atoms in total. The van der Waals surface area contributed by atoms with E-state index in [0.717, 1.165) is 12.8 Å².